The van der Waals surface area contributed by atoms with Gasteiger partial charge in [0.15, 0.2) is 0 Å². The number of nitrogens with zero attached hydrogens (tertiary/aromatic N) is 6. The number of aromatic nitrogens is 2. The van der Waals surface area contributed by atoms with Crippen molar-refractivity contribution < 1.29 is 0 Å². The Kier molecular flexibility index (Phi) is 3.82. The molecule has 0 radical (unpaired) electrons. The van der Waals surface area contributed by atoms with Crippen molar-refractivity contribution in [1.82, 2.24) is 19.8 Å². The molecule has 1 fully saturated rings. The lowest BCUT2D eigenvalue weighted by Gasteiger charge is -2.39. The predicted molar refractivity (Wildman–Crippen MR) is 80.0 cm³/mol. The number of aliphatic imine (C=N–C) groups is 1. The van der Waals surface area contributed by atoms with E-state index in [2.05, 4.69) is 43.5 Å². The molecule has 1 aromatic heterocycles. The van der Waals surface area contributed by atoms with Crippen LogP contribution in [0.25, 0.3) is 0 Å². The molecular formula is C14H22N6. The van der Waals surface area contributed by atoms with Crippen LogP contribution in [-0.2, 0) is 0 Å². The summed E-state index contributed by atoms with van der Waals surface area (Å²) in [6, 6.07) is 2.47. The lowest BCUT2D eigenvalue weighted by molar-refractivity contribution is 0.148. The van der Waals surface area contributed by atoms with Crippen molar-refractivity contribution in [2.75, 3.05) is 44.2 Å². The van der Waals surface area contributed by atoms with Gasteiger partial charge in [0.2, 0.25) is 11.9 Å². The van der Waals surface area contributed by atoms with Gasteiger partial charge in [-0.1, -0.05) is 0 Å². The molecule has 1 aromatic rings. The summed E-state index contributed by atoms with van der Waals surface area (Å²) in [5.41, 5.74) is 0. The molecule has 108 valence electrons. The van der Waals surface area contributed by atoms with E-state index in [0.717, 1.165) is 51.2 Å². The Hall–Kier alpha value is -1.69. The topological polar surface area (TPSA) is 47.9 Å². The van der Waals surface area contributed by atoms with Crippen LogP contribution in [0, 0.1) is 0 Å². The molecule has 0 aromatic carbocycles. The Morgan fingerprint density at radius 3 is 2.35 bits per heavy atom. The molecule has 0 unspecified atom stereocenters. The quantitative estimate of drug-likeness (QED) is 0.793. The fourth-order valence-electron chi connectivity index (χ4n) is 2.76. The van der Waals surface area contributed by atoms with Gasteiger partial charge in [-0.25, -0.2) is 9.97 Å². The fourth-order valence-corrected chi connectivity index (χ4v) is 2.76. The van der Waals surface area contributed by atoms with E-state index in [1.165, 1.54) is 0 Å². The van der Waals surface area contributed by atoms with Crippen molar-refractivity contribution in [3.05, 3.63) is 18.5 Å². The number of hydrogen-bond donors (Lipinski definition) is 0. The third-order valence-electron chi connectivity index (χ3n) is 3.94. The first kappa shape index (κ1) is 13.3. The van der Waals surface area contributed by atoms with Crippen molar-refractivity contribution in [3.8, 4) is 0 Å². The summed E-state index contributed by atoms with van der Waals surface area (Å²) in [6.07, 6.45) is 3.57. The van der Waals surface area contributed by atoms with Crippen LogP contribution >= 0.6 is 0 Å². The summed E-state index contributed by atoms with van der Waals surface area (Å²) < 4.78 is 0. The van der Waals surface area contributed by atoms with Gasteiger partial charge in [-0.2, -0.15) is 0 Å². The SMILES string of the molecule is CC(C)N1CCN(C2=NCCN2c2ncccn2)CC1. The van der Waals surface area contributed by atoms with E-state index in [1.54, 1.807) is 12.4 Å². The van der Waals surface area contributed by atoms with Crippen molar-refractivity contribution in [1.29, 1.82) is 0 Å². The van der Waals surface area contributed by atoms with Gasteiger partial charge in [0.25, 0.3) is 0 Å². The second-order valence-electron chi connectivity index (χ2n) is 5.50. The molecule has 0 bridgehead atoms. The molecule has 6 nitrogen and oxygen atoms in total. The van der Waals surface area contributed by atoms with E-state index in [1.807, 2.05) is 6.07 Å². The van der Waals surface area contributed by atoms with Crippen molar-refractivity contribution in [3.63, 3.8) is 0 Å². The molecule has 0 atom stereocenters. The highest BCUT2D eigenvalue weighted by Crippen LogP contribution is 2.16. The average molecular weight is 274 g/mol. The molecule has 0 aliphatic carbocycles. The van der Waals surface area contributed by atoms with E-state index in [-0.39, 0.29) is 0 Å². The molecule has 0 amide bonds. The van der Waals surface area contributed by atoms with Crippen LogP contribution in [0.5, 0.6) is 0 Å². The average Bonchev–Trinajstić information content (AvgIpc) is 2.97. The molecule has 3 heterocycles. The summed E-state index contributed by atoms with van der Waals surface area (Å²) in [7, 11) is 0. The van der Waals surface area contributed by atoms with E-state index < -0.39 is 0 Å². The minimum absolute atomic E-state index is 0.622. The standard InChI is InChI=1S/C14H22N6/c1-12(2)18-8-10-19(11-9-18)14-17-6-7-20(14)13-15-4-3-5-16-13/h3-5,12H,6-11H2,1-2H3. The van der Waals surface area contributed by atoms with E-state index >= 15 is 0 Å². The lowest BCUT2D eigenvalue weighted by Crippen LogP contribution is -2.54. The van der Waals surface area contributed by atoms with Gasteiger partial charge in [0.05, 0.1) is 6.54 Å². The predicted octanol–water partition coefficient (Wildman–Crippen LogP) is 0.679. The lowest BCUT2D eigenvalue weighted by atomic mass is 10.2. The zero-order valence-electron chi connectivity index (χ0n) is 12.2. The number of rotatable bonds is 2. The van der Waals surface area contributed by atoms with Crippen LogP contribution < -0.4 is 4.90 Å². The van der Waals surface area contributed by atoms with Gasteiger partial charge in [0.1, 0.15) is 0 Å². The first-order chi connectivity index (χ1) is 9.75. The van der Waals surface area contributed by atoms with Gasteiger partial charge in [-0.3, -0.25) is 14.8 Å². The normalized spacial score (nSPS) is 20.6. The smallest absolute Gasteiger partial charge is 0.232 e. The minimum Gasteiger partial charge on any atom is -0.340 e. The van der Waals surface area contributed by atoms with E-state index in [4.69, 9.17) is 0 Å². The first-order valence-electron chi connectivity index (χ1n) is 7.33. The Balaban J connectivity index is 1.68. The molecule has 6 heteroatoms. The first-order valence-corrected chi connectivity index (χ1v) is 7.33. The summed E-state index contributed by atoms with van der Waals surface area (Å²) in [5, 5.41) is 0. The number of piperazine rings is 1. The third kappa shape index (κ3) is 2.60. The Bertz CT molecular complexity index is 464. The summed E-state index contributed by atoms with van der Waals surface area (Å²) in [4.78, 5) is 20.4. The Morgan fingerprint density at radius 2 is 1.70 bits per heavy atom. The van der Waals surface area contributed by atoms with Crippen LogP contribution in [0.4, 0.5) is 5.95 Å². The molecule has 0 spiro atoms. The van der Waals surface area contributed by atoms with Crippen LogP contribution in [0.15, 0.2) is 23.5 Å². The summed E-state index contributed by atoms with van der Waals surface area (Å²) in [6.45, 7) is 10.5. The summed E-state index contributed by atoms with van der Waals surface area (Å²) >= 11 is 0. The second-order valence-corrected chi connectivity index (χ2v) is 5.50. The zero-order valence-corrected chi connectivity index (χ0v) is 12.2. The van der Waals surface area contributed by atoms with Crippen molar-refractivity contribution >= 4 is 11.9 Å². The van der Waals surface area contributed by atoms with Crippen molar-refractivity contribution in [2.45, 2.75) is 19.9 Å². The number of anilines is 1. The molecule has 20 heavy (non-hydrogen) atoms. The van der Waals surface area contributed by atoms with Crippen LogP contribution in [0.3, 0.4) is 0 Å². The second kappa shape index (κ2) is 5.75. The highest BCUT2D eigenvalue weighted by atomic mass is 15.5. The third-order valence-corrected chi connectivity index (χ3v) is 3.94. The molecule has 3 rings (SSSR count). The Labute approximate surface area is 120 Å². The highest BCUT2D eigenvalue weighted by molar-refractivity contribution is 5.96. The monoisotopic (exact) mass is 274 g/mol. The molecular weight excluding hydrogens is 252 g/mol. The van der Waals surface area contributed by atoms with Crippen LogP contribution in [0.2, 0.25) is 0 Å². The molecule has 0 N–H and O–H groups in total. The highest BCUT2D eigenvalue weighted by Gasteiger charge is 2.28. The van der Waals surface area contributed by atoms with Crippen molar-refractivity contribution in [2.24, 2.45) is 4.99 Å². The van der Waals surface area contributed by atoms with Gasteiger partial charge in [-0.15, -0.1) is 0 Å². The van der Waals surface area contributed by atoms with Crippen LogP contribution in [-0.4, -0.2) is 71.0 Å². The molecule has 2 aliphatic rings. The Morgan fingerprint density at radius 1 is 1.00 bits per heavy atom. The maximum atomic E-state index is 4.66. The zero-order chi connectivity index (χ0) is 13.9. The molecule has 0 saturated carbocycles. The number of guanidine groups is 1. The fraction of sp³-hybridized carbons (Fsp3) is 0.643. The van der Waals surface area contributed by atoms with Gasteiger partial charge in [0, 0.05) is 51.2 Å². The van der Waals surface area contributed by atoms with Gasteiger partial charge < -0.3 is 4.90 Å². The molecule has 2 aliphatic heterocycles. The van der Waals surface area contributed by atoms with E-state index in [9.17, 15) is 0 Å². The number of hydrogen-bond acceptors (Lipinski definition) is 6. The van der Waals surface area contributed by atoms with Gasteiger partial charge >= 0.3 is 0 Å². The molecule has 1 saturated heterocycles. The maximum Gasteiger partial charge on any atom is 0.232 e. The maximum absolute atomic E-state index is 4.66. The van der Waals surface area contributed by atoms with E-state index in [0.29, 0.717) is 6.04 Å². The van der Waals surface area contributed by atoms with Gasteiger partial charge in [-0.05, 0) is 19.9 Å². The van der Waals surface area contributed by atoms with Crippen LogP contribution in [0.1, 0.15) is 13.8 Å². The largest absolute Gasteiger partial charge is 0.340 e. The minimum atomic E-state index is 0.622. The summed E-state index contributed by atoms with van der Waals surface area (Å²) in [5.74, 6) is 1.80.